The third kappa shape index (κ3) is 10.00. The molecule has 3 rings (SSSR count). The van der Waals surface area contributed by atoms with E-state index in [0.717, 1.165) is 34.3 Å². The SMILES string of the molecule is CCCNC(=O)[C@H](Cc1ccccc1)N(Cc1ccccc1Cl)C(=O)CCCN(c1cccc(C(F)(F)F)c1)S(C)(=O)=O. The molecule has 0 bridgehead atoms. The number of anilines is 1. The van der Waals surface area contributed by atoms with Crippen LogP contribution in [-0.2, 0) is 38.8 Å². The van der Waals surface area contributed by atoms with Crippen molar-refractivity contribution in [3.63, 3.8) is 0 Å². The lowest BCUT2D eigenvalue weighted by Crippen LogP contribution is -2.50. The standard InChI is InChI=1S/C31H35ClF3N3O4S/c1-3-18-36-30(40)28(20-23-11-5-4-6-12-23)37(22-24-13-7-8-16-27(24)32)29(39)17-10-19-38(43(2,41)42)26-15-9-14-25(21-26)31(33,34)35/h4-9,11-16,21,28H,3,10,17-20,22H2,1-2H3,(H,36,40)/t28-/m0/s1. The zero-order chi connectivity index (χ0) is 31.6. The number of sulfonamides is 1. The van der Waals surface area contributed by atoms with E-state index in [2.05, 4.69) is 5.32 Å². The second-order valence-corrected chi connectivity index (χ2v) is 12.4. The van der Waals surface area contributed by atoms with Crippen molar-refractivity contribution in [2.24, 2.45) is 0 Å². The smallest absolute Gasteiger partial charge is 0.354 e. The molecule has 2 amide bonds. The van der Waals surface area contributed by atoms with Crippen LogP contribution in [0.4, 0.5) is 18.9 Å². The number of alkyl halides is 3. The Labute approximate surface area is 255 Å². The Bertz CT molecular complexity index is 1490. The first-order chi connectivity index (χ1) is 20.3. The monoisotopic (exact) mass is 637 g/mol. The molecule has 3 aromatic rings. The summed E-state index contributed by atoms with van der Waals surface area (Å²) in [6, 6.07) is 19.3. The maximum absolute atomic E-state index is 13.8. The molecule has 232 valence electrons. The van der Waals surface area contributed by atoms with E-state index < -0.39 is 33.7 Å². The van der Waals surface area contributed by atoms with Gasteiger partial charge in [0.15, 0.2) is 0 Å². The predicted octanol–water partition coefficient (Wildman–Crippen LogP) is 6.07. The molecule has 0 aliphatic rings. The summed E-state index contributed by atoms with van der Waals surface area (Å²) in [4.78, 5) is 28.7. The van der Waals surface area contributed by atoms with Crippen LogP contribution >= 0.6 is 11.6 Å². The summed E-state index contributed by atoms with van der Waals surface area (Å²) in [6.07, 6.45) is -3.00. The number of nitrogens with zero attached hydrogens (tertiary/aromatic N) is 2. The van der Waals surface area contributed by atoms with Gasteiger partial charge >= 0.3 is 6.18 Å². The summed E-state index contributed by atoms with van der Waals surface area (Å²) in [5, 5.41) is 3.29. The van der Waals surface area contributed by atoms with Crippen LogP contribution in [0.2, 0.25) is 5.02 Å². The molecule has 7 nitrogen and oxygen atoms in total. The molecule has 0 radical (unpaired) electrons. The summed E-state index contributed by atoms with van der Waals surface area (Å²) in [5.74, 6) is -0.766. The van der Waals surface area contributed by atoms with Crippen LogP contribution in [0.15, 0.2) is 78.9 Å². The van der Waals surface area contributed by atoms with Crippen LogP contribution in [-0.4, -0.2) is 50.5 Å². The molecular weight excluding hydrogens is 603 g/mol. The Hall–Kier alpha value is -3.57. The molecule has 12 heteroatoms. The number of amides is 2. The highest BCUT2D eigenvalue weighted by Crippen LogP contribution is 2.32. The summed E-state index contributed by atoms with van der Waals surface area (Å²) in [5.41, 5.74) is 0.325. The molecule has 0 aromatic heterocycles. The minimum absolute atomic E-state index is 0.00416. The van der Waals surface area contributed by atoms with E-state index in [1.807, 2.05) is 37.3 Å². The van der Waals surface area contributed by atoms with Gasteiger partial charge in [0.25, 0.3) is 0 Å². The van der Waals surface area contributed by atoms with E-state index in [0.29, 0.717) is 23.6 Å². The number of nitrogens with one attached hydrogen (secondary N) is 1. The Balaban J connectivity index is 1.89. The summed E-state index contributed by atoms with van der Waals surface area (Å²) in [6.45, 7) is 2.12. The van der Waals surface area contributed by atoms with Crippen LogP contribution in [0.25, 0.3) is 0 Å². The maximum Gasteiger partial charge on any atom is 0.416 e. The van der Waals surface area contributed by atoms with Gasteiger partial charge in [0.05, 0.1) is 17.5 Å². The normalized spacial score (nSPS) is 12.4. The Morgan fingerprint density at radius 2 is 1.65 bits per heavy atom. The third-order valence-electron chi connectivity index (χ3n) is 6.73. The molecule has 0 spiro atoms. The molecule has 0 saturated carbocycles. The van der Waals surface area contributed by atoms with Gasteiger partial charge in [-0.05, 0) is 48.2 Å². The average Bonchev–Trinajstić information content (AvgIpc) is 2.96. The van der Waals surface area contributed by atoms with E-state index in [-0.39, 0.29) is 43.9 Å². The lowest BCUT2D eigenvalue weighted by molar-refractivity contribution is -0.141. The summed E-state index contributed by atoms with van der Waals surface area (Å²) in [7, 11) is -3.97. The van der Waals surface area contributed by atoms with Crippen LogP contribution in [0.3, 0.4) is 0 Å². The van der Waals surface area contributed by atoms with Crippen molar-refractivity contribution in [1.29, 1.82) is 0 Å². The first kappa shape index (κ1) is 33.9. The minimum Gasteiger partial charge on any atom is -0.354 e. The zero-order valence-electron chi connectivity index (χ0n) is 24.0. The molecular formula is C31H35ClF3N3O4S. The van der Waals surface area contributed by atoms with Crippen molar-refractivity contribution in [2.45, 2.75) is 51.4 Å². The van der Waals surface area contributed by atoms with Gasteiger partial charge in [-0.1, -0.05) is 73.1 Å². The van der Waals surface area contributed by atoms with Gasteiger partial charge in [0.1, 0.15) is 6.04 Å². The lowest BCUT2D eigenvalue weighted by Gasteiger charge is -2.32. The first-order valence-electron chi connectivity index (χ1n) is 13.8. The summed E-state index contributed by atoms with van der Waals surface area (Å²) >= 11 is 6.42. The van der Waals surface area contributed by atoms with E-state index in [9.17, 15) is 31.2 Å². The number of carbonyl (C=O) groups is 2. The molecule has 0 fully saturated rings. The van der Waals surface area contributed by atoms with Crippen molar-refractivity contribution < 1.29 is 31.2 Å². The Kier molecular flexibility index (Phi) is 12.0. The van der Waals surface area contributed by atoms with Gasteiger partial charge in [-0.15, -0.1) is 0 Å². The molecule has 0 aliphatic heterocycles. The van der Waals surface area contributed by atoms with Gasteiger partial charge in [-0.3, -0.25) is 13.9 Å². The Morgan fingerprint density at radius 3 is 2.28 bits per heavy atom. The van der Waals surface area contributed by atoms with E-state index in [1.165, 1.54) is 11.0 Å². The highest BCUT2D eigenvalue weighted by molar-refractivity contribution is 7.92. The second-order valence-electron chi connectivity index (χ2n) is 10.1. The van der Waals surface area contributed by atoms with Gasteiger partial charge in [-0.2, -0.15) is 13.2 Å². The number of halogens is 4. The predicted molar refractivity (Wildman–Crippen MR) is 162 cm³/mol. The van der Waals surface area contributed by atoms with Crippen LogP contribution in [0.1, 0.15) is 42.9 Å². The van der Waals surface area contributed by atoms with Crippen molar-refractivity contribution in [1.82, 2.24) is 10.2 Å². The summed E-state index contributed by atoms with van der Waals surface area (Å²) < 4.78 is 65.9. The van der Waals surface area contributed by atoms with Gasteiger partial charge in [0, 0.05) is 37.5 Å². The highest BCUT2D eigenvalue weighted by atomic mass is 35.5. The van der Waals surface area contributed by atoms with Gasteiger partial charge in [0.2, 0.25) is 21.8 Å². The molecule has 3 aromatic carbocycles. The quantitative estimate of drug-likeness (QED) is 0.232. The lowest BCUT2D eigenvalue weighted by atomic mass is 10.0. The van der Waals surface area contributed by atoms with Crippen molar-refractivity contribution >= 4 is 39.1 Å². The maximum atomic E-state index is 13.8. The van der Waals surface area contributed by atoms with Crippen LogP contribution in [0, 0.1) is 0 Å². The number of rotatable bonds is 14. The van der Waals surface area contributed by atoms with E-state index >= 15 is 0 Å². The molecule has 0 heterocycles. The number of hydrogen-bond acceptors (Lipinski definition) is 4. The molecule has 43 heavy (non-hydrogen) atoms. The van der Waals surface area contributed by atoms with Gasteiger partial charge in [-0.25, -0.2) is 8.42 Å². The topological polar surface area (TPSA) is 86.8 Å². The minimum atomic E-state index is -4.65. The number of hydrogen-bond donors (Lipinski definition) is 1. The largest absolute Gasteiger partial charge is 0.416 e. The first-order valence-corrected chi connectivity index (χ1v) is 16.0. The fourth-order valence-corrected chi connectivity index (χ4v) is 5.72. The van der Waals surface area contributed by atoms with E-state index in [4.69, 9.17) is 11.6 Å². The van der Waals surface area contributed by atoms with Gasteiger partial charge < -0.3 is 10.2 Å². The number of carbonyl (C=O) groups excluding carboxylic acids is 2. The Morgan fingerprint density at radius 1 is 0.977 bits per heavy atom. The van der Waals surface area contributed by atoms with Crippen LogP contribution in [0.5, 0.6) is 0 Å². The highest BCUT2D eigenvalue weighted by Gasteiger charge is 2.33. The fraction of sp³-hybridized carbons (Fsp3) is 0.355. The zero-order valence-corrected chi connectivity index (χ0v) is 25.6. The van der Waals surface area contributed by atoms with Crippen LogP contribution < -0.4 is 9.62 Å². The van der Waals surface area contributed by atoms with E-state index in [1.54, 1.807) is 24.3 Å². The second kappa shape index (κ2) is 15.2. The molecule has 1 N–H and O–H groups in total. The molecule has 0 saturated heterocycles. The molecule has 0 aliphatic carbocycles. The van der Waals surface area contributed by atoms with Crippen molar-refractivity contribution in [3.05, 3.63) is 101 Å². The third-order valence-corrected chi connectivity index (χ3v) is 8.30. The average molecular weight is 638 g/mol. The van der Waals surface area contributed by atoms with Crippen molar-refractivity contribution in [3.8, 4) is 0 Å². The molecule has 1 atom stereocenters. The molecule has 0 unspecified atom stereocenters. The van der Waals surface area contributed by atoms with Crippen molar-refractivity contribution in [2.75, 3.05) is 23.7 Å². The number of benzene rings is 3. The fourth-order valence-electron chi connectivity index (χ4n) is 4.57.